The van der Waals surface area contributed by atoms with E-state index in [1.54, 1.807) is 24.4 Å². The van der Waals surface area contributed by atoms with Gasteiger partial charge in [-0.2, -0.15) is 5.10 Å². The van der Waals surface area contributed by atoms with Gasteiger partial charge >= 0.3 is 5.97 Å². The maximum atomic E-state index is 11.1. The van der Waals surface area contributed by atoms with E-state index in [1.165, 1.54) is 0 Å². The molecular weight excluding hydrogens is 356 g/mol. The lowest BCUT2D eigenvalue weighted by Gasteiger charge is -2.32. The Bertz CT molecular complexity index is 866. The summed E-state index contributed by atoms with van der Waals surface area (Å²) in [5.41, 5.74) is 3.01. The molecule has 0 spiro atoms. The summed E-state index contributed by atoms with van der Waals surface area (Å²) < 4.78 is 5.69. The molecule has 0 unspecified atom stereocenters. The number of nitrogens with zero attached hydrogens (tertiary/aromatic N) is 2. The lowest BCUT2D eigenvalue weighted by Crippen LogP contribution is -2.36. The molecular formula is C21H24N4O3. The highest BCUT2D eigenvalue weighted by Gasteiger charge is 2.24. The molecule has 1 aliphatic rings. The molecule has 2 aromatic rings. The van der Waals surface area contributed by atoms with Crippen molar-refractivity contribution in [1.82, 2.24) is 10.2 Å². The number of allylic oxidation sites excluding steroid dienone is 2. The van der Waals surface area contributed by atoms with E-state index in [0.717, 1.165) is 24.3 Å². The van der Waals surface area contributed by atoms with Crippen LogP contribution in [0.5, 0.6) is 0 Å². The molecule has 7 nitrogen and oxygen atoms in total. The van der Waals surface area contributed by atoms with Crippen molar-refractivity contribution >= 4 is 17.4 Å². The molecule has 7 heteroatoms. The number of aliphatic carboxylic acids is 1. The Balaban J connectivity index is 1.51. The van der Waals surface area contributed by atoms with Crippen molar-refractivity contribution in [3.05, 3.63) is 72.3 Å². The van der Waals surface area contributed by atoms with E-state index >= 15 is 0 Å². The van der Waals surface area contributed by atoms with Crippen molar-refractivity contribution in [2.45, 2.75) is 19.4 Å². The number of hydrogen-bond donors (Lipinski definition) is 3. The monoisotopic (exact) mass is 380 g/mol. The molecule has 1 fully saturated rings. The number of carboxylic acid groups (broad SMARTS) is 1. The summed E-state index contributed by atoms with van der Waals surface area (Å²) in [5.74, 6) is -0.468. The van der Waals surface area contributed by atoms with E-state index in [1.807, 2.05) is 18.2 Å². The van der Waals surface area contributed by atoms with Crippen LogP contribution in [0.1, 0.15) is 24.1 Å². The first-order valence-electron chi connectivity index (χ1n) is 9.17. The number of H-pyrrole nitrogens is 1. The highest BCUT2D eigenvalue weighted by molar-refractivity contribution is 6.05. The van der Waals surface area contributed by atoms with E-state index in [0.29, 0.717) is 36.6 Å². The number of carboxylic acids is 1. The van der Waals surface area contributed by atoms with Gasteiger partial charge in [-0.15, -0.1) is 0 Å². The molecule has 2 heterocycles. The number of aromatic amines is 1. The Kier molecular flexibility index (Phi) is 6.26. The summed E-state index contributed by atoms with van der Waals surface area (Å²) in [4.78, 5) is 13.3. The molecule has 0 aliphatic carbocycles. The van der Waals surface area contributed by atoms with Gasteiger partial charge in [-0.25, -0.2) is 0 Å². The van der Waals surface area contributed by atoms with Crippen LogP contribution in [0.15, 0.2) is 61.0 Å². The minimum atomic E-state index is -0.700. The Morgan fingerprint density at radius 2 is 2.14 bits per heavy atom. The number of rotatable bonds is 8. The van der Waals surface area contributed by atoms with Gasteiger partial charge in [-0.1, -0.05) is 18.7 Å². The van der Waals surface area contributed by atoms with Gasteiger partial charge in [0.1, 0.15) is 12.4 Å². The minimum absolute atomic E-state index is 0.238. The van der Waals surface area contributed by atoms with Gasteiger partial charge in [-0.05, 0) is 48.8 Å². The highest BCUT2D eigenvalue weighted by atomic mass is 16.5. The third-order valence-electron chi connectivity index (χ3n) is 4.77. The van der Waals surface area contributed by atoms with Crippen molar-refractivity contribution < 1.29 is 14.6 Å². The second-order valence-corrected chi connectivity index (χ2v) is 6.74. The average Bonchev–Trinajstić information content (AvgIpc) is 3.26. The number of carbonyl (C=O) groups is 1. The maximum Gasteiger partial charge on any atom is 0.306 e. The summed E-state index contributed by atoms with van der Waals surface area (Å²) in [6.07, 6.45) is 6.20. The molecule has 1 aromatic carbocycles. The summed E-state index contributed by atoms with van der Waals surface area (Å²) >= 11 is 0. The van der Waals surface area contributed by atoms with Gasteiger partial charge in [0.25, 0.3) is 0 Å². The molecule has 3 N–H and O–H groups in total. The third-order valence-corrected chi connectivity index (χ3v) is 4.77. The molecule has 1 saturated heterocycles. The molecule has 1 aromatic heterocycles. The molecule has 0 atom stereocenters. The number of ether oxygens (including phenoxy) is 1. The Labute approximate surface area is 163 Å². The van der Waals surface area contributed by atoms with Gasteiger partial charge in [0, 0.05) is 25.0 Å². The fourth-order valence-corrected chi connectivity index (χ4v) is 3.12. The van der Waals surface area contributed by atoms with Crippen molar-refractivity contribution in [2.75, 3.05) is 18.0 Å². The SMILES string of the molecule is C=C(/C=C\C(=N)c1ccn[nH]1)OCc1cccc(N2CCC(C(=O)O)CC2)c1. The van der Waals surface area contributed by atoms with E-state index in [4.69, 9.17) is 15.3 Å². The summed E-state index contributed by atoms with van der Waals surface area (Å²) in [5, 5.41) is 23.6. The van der Waals surface area contributed by atoms with Crippen LogP contribution in [0, 0.1) is 11.3 Å². The molecule has 28 heavy (non-hydrogen) atoms. The molecule has 0 radical (unpaired) electrons. The van der Waals surface area contributed by atoms with Crippen molar-refractivity contribution in [3.63, 3.8) is 0 Å². The molecule has 146 valence electrons. The van der Waals surface area contributed by atoms with Crippen LogP contribution in [-0.4, -0.2) is 40.1 Å². The van der Waals surface area contributed by atoms with Gasteiger partial charge < -0.3 is 14.7 Å². The van der Waals surface area contributed by atoms with Crippen LogP contribution < -0.4 is 4.90 Å². The lowest BCUT2D eigenvalue weighted by atomic mass is 9.96. The van der Waals surface area contributed by atoms with Crippen LogP contribution in [0.4, 0.5) is 5.69 Å². The molecule has 1 aliphatic heterocycles. The Morgan fingerprint density at radius 1 is 1.36 bits per heavy atom. The smallest absolute Gasteiger partial charge is 0.306 e. The second-order valence-electron chi connectivity index (χ2n) is 6.74. The van der Waals surface area contributed by atoms with Gasteiger partial charge in [0.05, 0.1) is 17.3 Å². The van der Waals surface area contributed by atoms with Crippen LogP contribution in [0.3, 0.4) is 0 Å². The molecule has 3 rings (SSSR count). The topological polar surface area (TPSA) is 102 Å². The number of benzene rings is 1. The first-order valence-corrected chi connectivity index (χ1v) is 9.17. The average molecular weight is 380 g/mol. The second kappa shape index (κ2) is 9.03. The van der Waals surface area contributed by atoms with Crippen molar-refractivity contribution in [1.29, 1.82) is 5.41 Å². The highest BCUT2D eigenvalue weighted by Crippen LogP contribution is 2.24. The Hall–Kier alpha value is -3.35. The van der Waals surface area contributed by atoms with Crippen molar-refractivity contribution in [2.24, 2.45) is 5.92 Å². The molecule has 0 bridgehead atoms. The standard InChI is InChI=1S/C21H24N4O3/c1-15(5-6-19(22)20-7-10-23-24-20)28-14-16-3-2-4-18(13-16)25-11-8-17(9-12-25)21(26)27/h2-7,10,13,17,22H,1,8-9,11-12,14H2,(H,23,24)(H,26,27)/b6-5-,22-19?. The van der Waals surface area contributed by atoms with Gasteiger partial charge in [-0.3, -0.25) is 15.3 Å². The van der Waals surface area contributed by atoms with Crippen molar-refractivity contribution in [3.8, 4) is 0 Å². The number of piperidine rings is 1. The van der Waals surface area contributed by atoms with E-state index in [9.17, 15) is 4.79 Å². The zero-order valence-electron chi connectivity index (χ0n) is 15.6. The van der Waals surface area contributed by atoms with Gasteiger partial charge in [0.15, 0.2) is 0 Å². The molecule has 0 amide bonds. The third kappa shape index (κ3) is 5.09. The minimum Gasteiger partial charge on any atom is -0.490 e. The van der Waals surface area contributed by atoms with Crippen LogP contribution >= 0.6 is 0 Å². The van der Waals surface area contributed by atoms with Gasteiger partial charge in [0.2, 0.25) is 0 Å². The fourth-order valence-electron chi connectivity index (χ4n) is 3.12. The Morgan fingerprint density at radius 3 is 2.82 bits per heavy atom. The van der Waals surface area contributed by atoms with Crippen LogP contribution in [-0.2, 0) is 16.1 Å². The quantitative estimate of drug-likeness (QED) is 0.370. The summed E-state index contributed by atoms with van der Waals surface area (Å²) in [6, 6.07) is 9.78. The maximum absolute atomic E-state index is 11.1. The zero-order valence-corrected chi connectivity index (χ0v) is 15.6. The zero-order chi connectivity index (χ0) is 19.9. The number of anilines is 1. The number of aromatic nitrogens is 2. The number of nitrogens with one attached hydrogen (secondary N) is 2. The fraction of sp³-hybridized carbons (Fsp3) is 0.286. The predicted octanol–water partition coefficient (Wildman–Crippen LogP) is 3.37. The largest absolute Gasteiger partial charge is 0.490 e. The van der Waals surface area contributed by atoms with E-state index in [2.05, 4.69) is 27.7 Å². The van der Waals surface area contributed by atoms with Crippen LogP contribution in [0.25, 0.3) is 0 Å². The number of hydrogen-bond acceptors (Lipinski definition) is 5. The normalized spacial score (nSPS) is 14.9. The first kappa shape index (κ1) is 19.4. The first-order chi connectivity index (χ1) is 13.5. The summed E-state index contributed by atoms with van der Waals surface area (Å²) in [6.45, 7) is 5.72. The lowest BCUT2D eigenvalue weighted by molar-refractivity contribution is -0.142. The van der Waals surface area contributed by atoms with E-state index < -0.39 is 5.97 Å². The summed E-state index contributed by atoms with van der Waals surface area (Å²) in [7, 11) is 0. The van der Waals surface area contributed by atoms with E-state index in [-0.39, 0.29) is 5.92 Å². The molecule has 0 saturated carbocycles. The van der Waals surface area contributed by atoms with Crippen LogP contribution in [0.2, 0.25) is 0 Å². The predicted molar refractivity (Wildman–Crippen MR) is 108 cm³/mol.